The van der Waals surface area contributed by atoms with Gasteiger partial charge >= 0.3 is 0 Å². The van der Waals surface area contributed by atoms with E-state index >= 15 is 0 Å². The number of rotatable bonds is 4. The highest BCUT2D eigenvalue weighted by Gasteiger charge is 2.24. The number of benzene rings is 1. The standard InChI is InChI=1S/C13H15N3O6S2/c1-8-6-9(3-5-12(8)23(17,18)19)15-16-10-2-4-11(14)13(7-10)24(20,21)22/h2-5,7-8H,6,14H2,1H3,(H,17,18,19)(H,20,21,22)/b16-15+. The van der Waals surface area contributed by atoms with Crippen LogP contribution in [0.5, 0.6) is 0 Å². The summed E-state index contributed by atoms with van der Waals surface area (Å²) >= 11 is 0. The van der Waals surface area contributed by atoms with Crippen LogP contribution in [0, 0.1) is 5.92 Å². The van der Waals surface area contributed by atoms with E-state index in [1.807, 2.05) is 0 Å². The monoisotopic (exact) mass is 373 g/mol. The number of hydrogen-bond acceptors (Lipinski definition) is 7. The summed E-state index contributed by atoms with van der Waals surface area (Å²) in [7, 11) is -8.73. The lowest BCUT2D eigenvalue weighted by atomic mass is 10.0. The summed E-state index contributed by atoms with van der Waals surface area (Å²) in [5.74, 6) is -0.473. The Morgan fingerprint density at radius 3 is 2.29 bits per heavy atom. The summed E-state index contributed by atoms with van der Waals surface area (Å²) < 4.78 is 62.8. The van der Waals surface area contributed by atoms with Crippen LogP contribution in [0.3, 0.4) is 0 Å². The van der Waals surface area contributed by atoms with E-state index in [-0.39, 0.29) is 22.7 Å². The van der Waals surface area contributed by atoms with E-state index < -0.39 is 31.0 Å². The highest BCUT2D eigenvalue weighted by Crippen LogP contribution is 2.30. The molecule has 2 rings (SSSR count). The first kappa shape index (κ1) is 18.3. The third kappa shape index (κ3) is 4.26. The third-order valence-corrected chi connectivity index (χ3v) is 5.35. The molecule has 1 aromatic carbocycles. The summed E-state index contributed by atoms with van der Waals surface area (Å²) in [5.41, 5.74) is 5.95. The lowest BCUT2D eigenvalue weighted by Crippen LogP contribution is -2.13. The average molecular weight is 373 g/mol. The SMILES string of the molecule is CC1CC(/N=N/c2ccc(N)c(S(=O)(=O)O)c2)=CC=C1S(=O)(=O)O. The van der Waals surface area contributed by atoms with E-state index in [2.05, 4.69) is 10.2 Å². The van der Waals surface area contributed by atoms with Crippen LogP contribution in [-0.2, 0) is 20.2 Å². The van der Waals surface area contributed by atoms with Crippen molar-refractivity contribution >= 4 is 31.6 Å². The van der Waals surface area contributed by atoms with Crippen LogP contribution in [0.4, 0.5) is 11.4 Å². The molecule has 0 aromatic heterocycles. The maximum Gasteiger partial charge on any atom is 0.296 e. The van der Waals surface area contributed by atoms with Crippen LogP contribution < -0.4 is 5.73 Å². The number of nitrogen functional groups attached to an aromatic ring is 1. The topological polar surface area (TPSA) is 159 Å². The van der Waals surface area contributed by atoms with Crippen LogP contribution >= 0.6 is 0 Å². The molecule has 0 radical (unpaired) electrons. The largest absolute Gasteiger partial charge is 0.398 e. The van der Waals surface area contributed by atoms with Gasteiger partial charge in [0.15, 0.2) is 0 Å². The molecular formula is C13H15N3O6S2. The second kappa shape index (κ2) is 6.43. The molecule has 1 atom stereocenters. The molecule has 24 heavy (non-hydrogen) atoms. The molecule has 0 heterocycles. The fraction of sp³-hybridized carbons (Fsp3) is 0.231. The Balaban J connectivity index is 2.30. The van der Waals surface area contributed by atoms with Gasteiger partial charge in [-0.05, 0) is 42.7 Å². The molecule has 11 heteroatoms. The highest BCUT2D eigenvalue weighted by atomic mass is 32.2. The maximum absolute atomic E-state index is 11.2. The molecule has 1 aliphatic carbocycles. The Morgan fingerprint density at radius 1 is 1.08 bits per heavy atom. The third-order valence-electron chi connectivity index (χ3n) is 3.31. The van der Waals surface area contributed by atoms with Crippen molar-refractivity contribution < 1.29 is 25.9 Å². The van der Waals surface area contributed by atoms with Crippen LogP contribution in [0.25, 0.3) is 0 Å². The number of hydrogen-bond donors (Lipinski definition) is 3. The predicted octanol–water partition coefficient (Wildman–Crippen LogP) is 2.29. The number of allylic oxidation sites excluding steroid dienone is 4. The molecule has 0 fully saturated rings. The van der Waals surface area contributed by atoms with E-state index in [0.717, 1.165) is 6.07 Å². The van der Waals surface area contributed by atoms with E-state index in [0.29, 0.717) is 5.70 Å². The minimum Gasteiger partial charge on any atom is -0.398 e. The van der Waals surface area contributed by atoms with Gasteiger partial charge < -0.3 is 5.73 Å². The first-order valence-corrected chi connectivity index (χ1v) is 9.53. The van der Waals surface area contributed by atoms with Crippen LogP contribution in [-0.4, -0.2) is 25.9 Å². The summed E-state index contributed by atoms with van der Waals surface area (Å²) in [6.45, 7) is 1.61. The van der Waals surface area contributed by atoms with Crippen molar-refractivity contribution in [3.05, 3.63) is 41.0 Å². The summed E-state index contributed by atoms with van der Waals surface area (Å²) in [5, 5.41) is 7.77. The number of azo groups is 1. The molecule has 0 aliphatic heterocycles. The van der Waals surface area contributed by atoms with Crippen LogP contribution in [0.1, 0.15) is 13.3 Å². The van der Waals surface area contributed by atoms with Gasteiger partial charge in [-0.1, -0.05) is 6.92 Å². The number of nitrogens with zero attached hydrogens (tertiary/aromatic N) is 2. The summed E-state index contributed by atoms with van der Waals surface area (Å²) in [6.07, 6.45) is 2.87. The Morgan fingerprint density at radius 2 is 1.75 bits per heavy atom. The second-order valence-electron chi connectivity index (χ2n) is 5.20. The van der Waals surface area contributed by atoms with Crippen molar-refractivity contribution in [1.29, 1.82) is 0 Å². The van der Waals surface area contributed by atoms with Crippen molar-refractivity contribution in [1.82, 2.24) is 0 Å². The number of nitrogens with two attached hydrogens (primary N) is 1. The average Bonchev–Trinajstić information content (AvgIpc) is 2.44. The van der Waals surface area contributed by atoms with Crippen molar-refractivity contribution in [2.75, 3.05) is 5.73 Å². The van der Waals surface area contributed by atoms with Gasteiger partial charge in [0, 0.05) is 0 Å². The molecule has 1 aromatic rings. The van der Waals surface area contributed by atoms with Crippen molar-refractivity contribution in [2.45, 2.75) is 18.2 Å². The zero-order chi connectivity index (χ0) is 18.1. The lowest BCUT2D eigenvalue weighted by molar-refractivity contribution is 0.480. The van der Waals surface area contributed by atoms with Crippen molar-refractivity contribution in [2.24, 2.45) is 16.1 Å². The second-order valence-corrected chi connectivity index (χ2v) is 8.02. The van der Waals surface area contributed by atoms with E-state index in [1.165, 1.54) is 24.3 Å². The number of anilines is 1. The zero-order valence-corrected chi connectivity index (χ0v) is 14.1. The Labute approximate surface area is 139 Å². The smallest absolute Gasteiger partial charge is 0.296 e. The van der Waals surface area contributed by atoms with Gasteiger partial charge in [0.25, 0.3) is 20.2 Å². The molecule has 1 unspecified atom stereocenters. The molecular weight excluding hydrogens is 358 g/mol. The maximum atomic E-state index is 11.2. The molecule has 0 saturated heterocycles. The predicted molar refractivity (Wildman–Crippen MR) is 86.7 cm³/mol. The van der Waals surface area contributed by atoms with Gasteiger partial charge in [0.1, 0.15) is 4.90 Å². The van der Waals surface area contributed by atoms with Gasteiger partial charge in [-0.15, -0.1) is 0 Å². The minimum atomic E-state index is -4.48. The Bertz CT molecular complexity index is 961. The van der Waals surface area contributed by atoms with Crippen LogP contribution in [0.15, 0.2) is 56.1 Å². The van der Waals surface area contributed by atoms with Gasteiger partial charge in [-0.25, -0.2) is 0 Å². The molecule has 0 saturated carbocycles. The molecule has 0 spiro atoms. The first-order chi connectivity index (χ1) is 11.0. The molecule has 130 valence electrons. The summed E-state index contributed by atoms with van der Waals surface area (Å²) in [4.78, 5) is -0.582. The van der Waals surface area contributed by atoms with E-state index in [9.17, 15) is 16.8 Å². The van der Waals surface area contributed by atoms with E-state index in [4.69, 9.17) is 14.8 Å². The Kier molecular flexibility index (Phi) is 4.90. The van der Waals surface area contributed by atoms with Crippen molar-refractivity contribution in [3.63, 3.8) is 0 Å². The molecule has 1 aliphatic rings. The normalized spacial score (nSPS) is 19.2. The van der Waals surface area contributed by atoms with Crippen molar-refractivity contribution in [3.8, 4) is 0 Å². The Hall–Kier alpha value is -2.08. The zero-order valence-electron chi connectivity index (χ0n) is 12.5. The molecule has 9 nitrogen and oxygen atoms in total. The van der Waals surface area contributed by atoms with Crippen LogP contribution in [0.2, 0.25) is 0 Å². The highest BCUT2D eigenvalue weighted by molar-refractivity contribution is 7.89. The fourth-order valence-electron chi connectivity index (χ4n) is 2.17. The van der Waals surface area contributed by atoms with Gasteiger partial charge in [-0.3, -0.25) is 9.11 Å². The van der Waals surface area contributed by atoms with Gasteiger partial charge in [0.05, 0.1) is 22.0 Å². The van der Waals surface area contributed by atoms with E-state index in [1.54, 1.807) is 6.92 Å². The molecule has 4 N–H and O–H groups in total. The van der Waals surface area contributed by atoms with Gasteiger partial charge in [0.2, 0.25) is 0 Å². The quantitative estimate of drug-likeness (QED) is 0.414. The minimum absolute atomic E-state index is 0.109. The first-order valence-electron chi connectivity index (χ1n) is 6.65. The summed E-state index contributed by atoms with van der Waals surface area (Å²) in [6, 6.07) is 3.76. The molecule has 0 bridgehead atoms. The fourth-order valence-corrected chi connectivity index (χ4v) is 3.64. The molecule has 0 amide bonds. The van der Waals surface area contributed by atoms with Gasteiger partial charge in [-0.2, -0.15) is 27.1 Å². The lowest BCUT2D eigenvalue weighted by Gasteiger charge is -2.16.